The van der Waals surface area contributed by atoms with Crippen LogP contribution in [0.1, 0.15) is 17.7 Å². The fourth-order valence-electron chi connectivity index (χ4n) is 1.43. The van der Waals surface area contributed by atoms with Crippen molar-refractivity contribution in [3.63, 3.8) is 0 Å². The first-order valence-corrected chi connectivity index (χ1v) is 5.74. The minimum atomic E-state index is 0.806. The highest BCUT2D eigenvalue weighted by molar-refractivity contribution is 7.45. The van der Waals surface area contributed by atoms with Gasteiger partial charge in [-0.2, -0.15) is 0 Å². The predicted molar refractivity (Wildman–Crippen MR) is 55.5 cm³/mol. The number of hydrogen-bond donors (Lipinski definition) is 0. The third-order valence-electron chi connectivity index (χ3n) is 2.12. The molecule has 1 aliphatic carbocycles. The zero-order valence-corrected chi connectivity index (χ0v) is 8.17. The van der Waals surface area contributed by atoms with Crippen LogP contribution >= 0.6 is 8.58 Å². The van der Waals surface area contributed by atoms with E-state index in [1.54, 1.807) is 0 Å². The molecule has 2 heteroatoms. The molecule has 0 spiro atoms. The van der Waals surface area contributed by atoms with Gasteiger partial charge in [0, 0.05) is 0 Å². The molecule has 0 radical (unpaired) electrons. The first kappa shape index (κ1) is 7.94. The van der Waals surface area contributed by atoms with Crippen LogP contribution in [0.25, 0.3) is 6.08 Å². The van der Waals surface area contributed by atoms with Crippen LogP contribution in [0.15, 0.2) is 18.2 Å². The lowest BCUT2D eigenvalue weighted by Gasteiger charge is -2.09. The molecule has 0 aromatic carbocycles. The third kappa shape index (κ3) is 1.42. The second-order valence-electron chi connectivity index (χ2n) is 2.93. The molecule has 0 amide bonds. The lowest BCUT2D eigenvalue weighted by atomic mass is 10.0. The number of fused-ring (bicyclic) bond motifs is 1. The maximum atomic E-state index is 4.56. The van der Waals surface area contributed by atoms with E-state index in [9.17, 15) is 0 Å². The van der Waals surface area contributed by atoms with Gasteiger partial charge in [0.2, 0.25) is 0 Å². The zero-order chi connectivity index (χ0) is 8.39. The molecule has 1 aliphatic rings. The predicted octanol–water partition coefficient (Wildman–Crippen LogP) is 1.97. The highest BCUT2D eigenvalue weighted by atomic mass is 31.1. The highest BCUT2D eigenvalue weighted by Gasteiger charge is 2.05. The lowest BCUT2D eigenvalue weighted by molar-refractivity contribution is 0.969. The Kier molecular flexibility index (Phi) is 2.23. The Bertz CT molecular complexity index is 318. The van der Waals surface area contributed by atoms with Crippen molar-refractivity contribution in [1.82, 2.24) is 4.98 Å². The number of rotatable bonds is 1. The summed E-state index contributed by atoms with van der Waals surface area (Å²) in [5.41, 5.74) is 3.81. The number of aryl methyl sites for hydroxylation is 1. The first-order valence-electron chi connectivity index (χ1n) is 4.24. The lowest BCUT2D eigenvalue weighted by Crippen LogP contribution is -2.06. The average molecular weight is 177 g/mol. The Morgan fingerprint density at radius 2 is 2.33 bits per heavy atom. The summed E-state index contributed by atoms with van der Waals surface area (Å²) in [6, 6.07) is 4.37. The second kappa shape index (κ2) is 3.37. The van der Waals surface area contributed by atoms with Gasteiger partial charge in [0.15, 0.2) is 0 Å². The van der Waals surface area contributed by atoms with E-state index in [4.69, 9.17) is 0 Å². The van der Waals surface area contributed by atoms with Crippen LogP contribution < -0.4 is 5.44 Å². The largest absolute Gasteiger partial charge is 0.249 e. The normalized spacial score (nSPS) is 15.4. The summed E-state index contributed by atoms with van der Waals surface area (Å²) < 4.78 is 0. The standard InChI is InChI=1S/C10H12NP/c1-12-10-7-6-8-4-2-3-5-9(8)11-10/h3,5-7,12H,2,4H2,1H3. The monoisotopic (exact) mass is 177 g/mol. The van der Waals surface area contributed by atoms with Gasteiger partial charge in [0.05, 0.1) is 11.1 Å². The molecule has 12 heavy (non-hydrogen) atoms. The molecule has 1 aromatic heterocycles. The Morgan fingerprint density at radius 3 is 3.17 bits per heavy atom. The zero-order valence-electron chi connectivity index (χ0n) is 7.17. The maximum absolute atomic E-state index is 4.56. The summed E-state index contributed by atoms with van der Waals surface area (Å²) in [5.74, 6) is 0. The number of pyridine rings is 1. The van der Waals surface area contributed by atoms with Crippen LogP contribution in [-0.2, 0) is 6.42 Å². The topological polar surface area (TPSA) is 12.9 Å². The van der Waals surface area contributed by atoms with Crippen molar-refractivity contribution in [3.8, 4) is 0 Å². The van der Waals surface area contributed by atoms with E-state index in [-0.39, 0.29) is 0 Å². The van der Waals surface area contributed by atoms with E-state index >= 15 is 0 Å². The van der Waals surface area contributed by atoms with Crippen LogP contribution in [0, 0.1) is 0 Å². The molecule has 62 valence electrons. The smallest absolute Gasteiger partial charge is 0.0666 e. The van der Waals surface area contributed by atoms with Crippen LogP contribution in [0.3, 0.4) is 0 Å². The molecular weight excluding hydrogens is 165 g/mol. The highest BCUT2D eigenvalue weighted by Crippen LogP contribution is 2.16. The number of nitrogens with zero attached hydrogens (tertiary/aromatic N) is 1. The molecule has 0 saturated heterocycles. The molecule has 1 aromatic rings. The van der Waals surface area contributed by atoms with Gasteiger partial charge in [0.25, 0.3) is 0 Å². The van der Waals surface area contributed by atoms with Gasteiger partial charge in [-0.15, -0.1) is 0 Å². The van der Waals surface area contributed by atoms with Gasteiger partial charge in [-0.3, -0.25) is 0 Å². The maximum Gasteiger partial charge on any atom is 0.0666 e. The summed E-state index contributed by atoms with van der Waals surface area (Å²) >= 11 is 0. The van der Waals surface area contributed by atoms with Crippen molar-refractivity contribution >= 4 is 20.1 Å². The summed E-state index contributed by atoms with van der Waals surface area (Å²) in [6.45, 7) is 2.17. The van der Waals surface area contributed by atoms with Crippen molar-refractivity contribution in [2.24, 2.45) is 0 Å². The van der Waals surface area contributed by atoms with Crippen molar-refractivity contribution in [2.45, 2.75) is 12.8 Å². The summed E-state index contributed by atoms with van der Waals surface area (Å²) in [6.07, 6.45) is 6.68. The van der Waals surface area contributed by atoms with E-state index < -0.39 is 0 Å². The van der Waals surface area contributed by atoms with Crippen LogP contribution in [0.2, 0.25) is 0 Å². The number of hydrogen-bond acceptors (Lipinski definition) is 1. The molecule has 0 fully saturated rings. The summed E-state index contributed by atoms with van der Waals surface area (Å²) in [4.78, 5) is 4.56. The fourth-order valence-corrected chi connectivity index (χ4v) is 1.91. The Morgan fingerprint density at radius 1 is 1.42 bits per heavy atom. The average Bonchev–Trinajstić information content (AvgIpc) is 2.17. The molecule has 1 atom stereocenters. The van der Waals surface area contributed by atoms with Crippen LogP contribution in [0.5, 0.6) is 0 Å². The van der Waals surface area contributed by atoms with E-state index in [2.05, 4.69) is 35.9 Å². The summed E-state index contributed by atoms with van der Waals surface area (Å²) in [5, 5.41) is 0. The number of allylic oxidation sites excluding steroid dienone is 1. The van der Waals surface area contributed by atoms with Gasteiger partial charge >= 0.3 is 0 Å². The molecule has 2 rings (SSSR count). The Labute approximate surface area is 74.7 Å². The van der Waals surface area contributed by atoms with Crippen molar-refractivity contribution < 1.29 is 0 Å². The number of aromatic nitrogens is 1. The summed E-state index contributed by atoms with van der Waals surface area (Å²) in [7, 11) is 0.806. The molecule has 0 N–H and O–H groups in total. The van der Waals surface area contributed by atoms with E-state index in [1.807, 2.05) is 0 Å². The Balaban J connectivity index is 2.44. The van der Waals surface area contributed by atoms with E-state index in [1.165, 1.54) is 23.1 Å². The molecule has 1 heterocycles. The van der Waals surface area contributed by atoms with Crippen LogP contribution in [0.4, 0.5) is 0 Å². The van der Waals surface area contributed by atoms with Gasteiger partial charge in [-0.25, -0.2) is 4.98 Å². The van der Waals surface area contributed by atoms with E-state index in [0.717, 1.165) is 15.0 Å². The van der Waals surface area contributed by atoms with Crippen molar-refractivity contribution in [3.05, 3.63) is 29.5 Å². The second-order valence-corrected chi connectivity index (χ2v) is 3.94. The van der Waals surface area contributed by atoms with Gasteiger partial charge < -0.3 is 0 Å². The Hall–Kier alpha value is -0.680. The molecule has 1 nitrogen and oxygen atoms in total. The van der Waals surface area contributed by atoms with Gasteiger partial charge in [-0.1, -0.05) is 20.7 Å². The molecular formula is C10H12NP. The minimum Gasteiger partial charge on any atom is -0.249 e. The quantitative estimate of drug-likeness (QED) is 0.598. The minimum absolute atomic E-state index is 0.806. The van der Waals surface area contributed by atoms with E-state index in [0.29, 0.717) is 0 Å². The van der Waals surface area contributed by atoms with Gasteiger partial charge in [-0.05, 0) is 37.2 Å². The van der Waals surface area contributed by atoms with Crippen LogP contribution in [-0.4, -0.2) is 11.6 Å². The SMILES string of the molecule is CPc1ccc2c(n1)C=CCC2. The fraction of sp³-hybridized carbons (Fsp3) is 0.300. The van der Waals surface area contributed by atoms with Crippen molar-refractivity contribution in [2.75, 3.05) is 6.66 Å². The molecule has 0 saturated carbocycles. The third-order valence-corrected chi connectivity index (χ3v) is 2.92. The first-order chi connectivity index (χ1) is 5.90. The molecule has 0 aliphatic heterocycles. The molecule has 1 unspecified atom stereocenters. The van der Waals surface area contributed by atoms with Gasteiger partial charge in [0.1, 0.15) is 0 Å². The van der Waals surface area contributed by atoms with Crippen molar-refractivity contribution in [1.29, 1.82) is 0 Å². The molecule has 0 bridgehead atoms.